The normalized spacial score (nSPS) is 24.8. The van der Waals surface area contributed by atoms with Gasteiger partial charge in [0.05, 0.1) is 11.5 Å². The Labute approximate surface area is 123 Å². The van der Waals surface area contributed by atoms with Crippen LogP contribution in [0.2, 0.25) is 5.02 Å². The molecule has 19 heavy (non-hydrogen) atoms. The topological polar surface area (TPSA) is 9.23 Å². The van der Waals surface area contributed by atoms with Crippen molar-refractivity contribution in [2.75, 3.05) is 6.61 Å². The fourth-order valence-electron chi connectivity index (χ4n) is 2.89. The summed E-state index contributed by atoms with van der Waals surface area (Å²) < 4.78 is 5.63. The van der Waals surface area contributed by atoms with Gasteiger partial charge in [0.1, 0.15) is 0 Å². The van der Waals surface area contributed by atoms with Crippen molar-refractivity contribution in [2.45, 2.75) is 24.8 Å². The zero-order chi connectivity index (χ0) is 13.4. The van der Waals surface area contributed by atoms with Crippen molar-refractivity contribution < 1.29 is 4.74 Å². The van der Waals surface area contributed by atoms with E-state index in [4.69, 9.17) is 27.9 Å². The molecule has 0 N–H and O–H groups in total. The minimum Gasteiger partial charge on any atom is -0.378 e. The number of benzene rings is 2. The summed E-state index contributed by atoms with van der Waals surface area (Å²) in [7, 11) is 0. The number of halogens is 2. The van der Waals surface area contributed by atoms with Crippen LogP contribution in [0.25, 0.3) is 10.8 Å². The number of hydrogen-bond donors (Lipinski definition) is 0. The van der Waals surface area contributed by atoms with Crippen LogP contribution in [0.5, 0.6) is 0 Å². The molecule has 2 aromatic carbocycles. The molecule has 3 unspecified atom stereocenters. The van der Waals surface area contributed by atoms with Gasteiger partial charge >= 0.3 is 0 Å². The molecule has 0 saturated carbocycles. The summed E-state index contributed by atoms with van der Waals surface area (Å²) >= 11 is 13.0. The van der Waals surface area contributed by atoms with Gasteiger partial charge in [-0.1, -0.05) is 41.9 Å². The van der Waals surface area contributed by atoms with Crippen LogP contribution in [-0.4, -0.2) is 12.7 Å². The SMILES string of the molecule is CC1OCCC1C(Cl)c1ccc(Cl)c2ccccc12. The predicted molar refractivity (Wildman–Crippen MR) is 81.1 cm³/mol. The lowest BCUT2D eigenvalue weighted by Gasteiger charge is -2.22. The maximum Gasteiger partial charge on any atom is 0.0644 e. The Balaban J connectivity index is 2.07. The second-order valence-electron chi connectivity index (χ2n) is 5.11. The van der Waals surface area contributed by atoms with Crippen molar-refractivity contribution in [3.63, 3.8) is 0 Å². The van der Waals surface area contributed by atoms with Crippen LogP contribution >= 0.6 is 23.2 Å². The van der Waals surface area contributed by atoms with Crippen LogP contribution < -0.4 is 0 Å². The Bertz CT molecular complexity index is 596. The Morgan fingerprint density at radius 1 is 1.16 bits per heavy atom. The highest BCUT2D eigenvalue weighted by Gasteiger charge is 2.32. The van der Waals surface area contributed by atoms with E-state index >= 15 is 0 Å². The van der Waals surface area contributed by atoms with Gasteiger partial charge < -0.3 is 4.74 Å². The summed E-state index contributed by atoms with van der Waals surface area (Å²) in [6.07, 6.45) is 1.24. The van der Waals surface area contributed by atoms with Gasteiger partial charge in [-0.05, 0) is 30.4 Å². The molecule has 100 valence electrons. The number of alkyl halides is 1. The first-order chi connectivity index (χ1) is 9.18. The fraction of sp³-hybridized carbons (Fsp3) is 0.375. The van der Waals surface area contributed by atoms with Crippen LogP contribution in [0, 0.1) is 5.92 Å². The third-order valence-electron chi connectivity index (χ3n) is 4.01. The molecule has 3 atom stereocenters. The largest absolute Gasteiger partial charge is 0.378 e. The molecule has 0 aromatic heterocycles. The number of rotatable bonds is 2. The van der Waals surface area contributed by atoms with E-state index in [1.807, 2.05) is 30.3 Å². The molecule has 0 aliphatic carbocycles. The van der Waals surface area contributed by atoms with Gasteiger partial charge in [-0.3, -0.25) is 0 Å². The van der Waals surface area contributed by atoms with Crippen LogP contribution in [0.1, 0.15) is 24.3 Å². The average molecular weight is 295 g/mol. The smallest absolute Gasteiger partial charge is 0.0644 e. The maximum atomic E-state index is 6.72. The van der Waals surface area contributed by atoms with E-state index in [9.17, 15) is 0 Å². The van der Waals surface area contributed by atoms with Gasteiger partial charge in [0, 0.05) is 22.9 Å². The molecule has 1 aliphatic rings. The van der Waals surface area contributed by atoms with Crippen molar-refractivity contribution in [1.82, 2.24) is 0 Å². The Morgan fingerprint density at radius 2 is 1.89 bits per heavy atom. The summed E-state index contributed by atoms with van der Waals surface area (Å²) in [4.78, 5) is 0. The molecule has 2 aromatic rings. The molecule has 0 spiro atoms. The highest BCUT2D eigenvalue weighted by molar-refractivity contribution is 6.35. The maximum absolute atomic E-state index is 6.72. The van der Waals surface area contributed by atoms with E-state index in [1.165, 1.54) is 0 Å². The molecule has 1 heterocycles. The van der Waals surface area contributed by atoms with Gasteiger partial charge in [0.25, 0.3) is 0 Å². The zero-order valence-corrected chi connectivity index (χ0v) is 12.3. The number of fused-ring (bicyclic) bond motifs is 1. The molecule has 0 radical (unpaired) electrons. The summed E-state index contributed by atoms with van der Waals surface area (Å²) in [5, 5.41) is 2.96. The van der Waals surface area contributed by atoms with Crippen LogP contribution in [0.3, 0.4) is 0 Å². The second-order valence-corrected chi connectivity index (χ2v) is 5.99. The van der Waals surface area contributed by atoms with Crippen molar-refractivity contribution in [3.8, 4) is 0 Å². The first-order valence-electron chi connectivity index (χ1n) is 6.61. The van der Waals surface area contributed by atoms with Crippen LogP contribution in [-0.2, 0) is 4.74 Å². The van der Waals surface area contributed by atoms with Crippen molar-refractivity contribution in [1.29, 1.82) is 0 Å². The summed E-state index contributed by atoms with van der Waals surface area (Å²) in [6, 6.07) is 12.1. The molecule has 3 rings (SSSR count). The van der Waals surface area contributed by atoms with Gasteiger partial charge in [0.2, 0.25) is 0 Å². The van der Waals surface area contributed by atoms with Gasteiger partial charge in [0.15, 0.2) is 0 Å². The lowest BCUT2D eigenvalue weighted by atomic mass is 9.90. The quantitative estimate of drug-likeness (QED) is 0.692. The third-order valence-corrected chi connectivity index (χ3v) is 4.90. The highest BCUT2D eigenvalue weighted by Crippen LogP contribution is 2.41. The second kappa shape index (κ2) is 5.32. The highest BCUT2D eigenvalue weighted by atomic mass is 35.5. The molecule has 1 fully saturated rings. The average Bonchev–Trinajstić information content (AvgIpc) is 2.85. The lowest BCUT2D eigenvalue weighted by molar-refractivity contribution is 0.105. The first kappa shape index (κ1) is 13.2. The Kier molecular flexibility index (Phi) is 3.70. The van der Waals surface area contributed by atoms with Gasteiger partial charge in [-0.15, -0.1) is 11.6 Å². The molecule has 1 saturated heterocycles. The molecule has 0 amide bonds. The minimum atomic E-state index is -0.0281. The monoisotopic (exact) mass is 294 g/mol. The molecule has 1 nitrogen and oxygen atoms in total. The Hall–Kier alpha value is -0.760. The van der Waals surface area contributed by atoms with Crippen molar-refractivity contribution >= 4 is 34.0 Å². The number of ether oxygens (including phenoxy) is 1. The summed E-state index contributed by atoms with van der Waals surface area (Å²) in [5.41, 5.74) is 1.16. The third kappa shape index (κ3) is 2.35. The van der Waals surface area contributed by atoms with E-state index in [2.05, 4.69) is 13.0 Å². The lowest BCUT2D eigenvalue weighted by Crippen LogP contribution is -2.16. The molecule has 0 bridgehead atoms. The van der Waals surface area contributed by atoms with E-state index < -0.39 is 0 Å². The first-order valence-corrected chi connectivity index (χ1v) is 7.42. The molecule has 1 aliphatic heterocycles. The van der Waals surface area contributed by atoms with E-state index in [0.29, 0.717) is 5.92 Å². The summed E-state index contributed by atoms with van der Waals surface area (Å²) in [6.45, 7) is 2.91. The van der Waals surface area contributed by atoms with Crippen LogP contribution in [0.15, 0.2) is 36.4 Å². The van der Waals surface area contributed by atoms with E-state index in [1.54, 1.807) is 0 Å². The fourth-order valence-corrected chi connectivity index (χ4v) is 3.64. The Morgan fingerprint density at radius 3 is 2.58 bits per heavy atom. The zero-order valence-electron chi connectivity index (χ0n) is 10.8. The van der Waals surface area contributed by atoms with Crippen molar-refractivity contribution in [2.24, 2.45) is 5.92 Å². The number of hydrogen-bond acceptors (Lipinski definition) is 1. The minimum absolute atomic E-state index is 0.0281. The molecular weight excluding hydrogens is 279 g/mol. The molecular formula is C16H16Cl2O. The van der Waals surface area contributed by atoms with E-state index in [-0.39, 0.29) is 11.5 Å². The van der Waals surface area contributed by atoms with Crippen molar-refractivity contribution in [3.05, 3.63) is 47.0 Å². The van der Waals surface area contributed by atoms with Gasteiger partial charge in [-0.2, -0.15) is 0 Å². The predicted octanol–water partition coefficient (Wildman–Crippen LogP) is 5.20. The molecule has 3 heteroatoms. The van der Waals surface area contributed by atoms with E-state index in [0.717, 1.165) is 34.4 Å². The summed E-state index contributed by atoms with van der Waals surface area (Å²) in [5.74, 6) is 0.367. The standard InChI is InChI=1S/C16H16Cl2O/c1-10-11(8-9-19-10)16(18)14-6-7-15(17)13-5-3-2-4-12(13)14/h2-7,10-11,16H,8-9H2,1H3. The van der Waals surface area contributed by atoms with Crippen LogP contribution in [0.4, 0.5) is 0 Å². The van der Waals surface area contributed by atoms with Gasteiger partial charge in [-0.25, -0.2) is 0 Å².